The van der Waals surface area contributed by atoms with E-state index in [1.165, 1.54) is 5.56 Å². The van der Waals surface area contributed by atoms with Crippen molar-refractivity contribution in [3.8, 4) is 0 Å². The highest BCUT2D eigenvalue weighted by Gasteiger charge is 2.32. The fourth-order valence-electron chi connectivity index (χ4n) is 2.26. The minimum absolute atomic E-state index is 0.0493. The van der Waals surface area contributed by atoms with E-state index in [4.69, 9.17) is 0 Å². The van der Waals surface area contributed by atoms with Crippen molar-refractivity contribution in [3.63, 3.8) is 0 Å². The van der Waals surface area contributed by atoms with Crippen LogP contribution in [0.5, 0.6) is 0 Å². The van der Waals surface area contributed by atoms with Crippen LogP contribution in [-0.2, 0) is 6.42 Å². The summed E-state index contributed by atoms with van der Waals surface area (Å²) in [5, 5.41) is 13.6. The maximum atomic E-state index is 10.1. The standard InChI is InChI=1S/C13H19NO/c1-13(2,3)14-11-8-9-6-4-5-7-10(9)12(11)15/h4-7,11-12,14-15H,8H2,1-3H3/t11-,12?/m0/s1. The molecule has 1 aromatic rings. The molecule has 2 rings (SSSR count). The molecule has 0 heterocycles. The van der Waals surface area contributed by atoms with Crippen molar-refractivity contribution in [2.24, 2.45) is 0 Å². The molecule has 0 saturated carbocycles. The molecule has 82 valence electrons. The Morgan fingerprint density at radius 2 is 1.93 bits per heavy atom. The number of hydrogen-bond acceptors (Lipinski definition) is 2. The van der Waals surface area contributed by atoms with E-state index in [0.29, 0.717) is 0 Å². The van der Waals surface area contributed by atoms with Crippen LogP contribution in [0.25, 0.3) is 0 Å². The summed E-state index contributed by atoms with van der Waals surface area (Å²) in [7, 11) is 0. The Bertz CT molecular complexity index is 354. The molecule has 0 spiro atoms. The van der Waals surface area contributed by atoms with Crippen LogP contribution in [0, 0.1) is 0 Å². The van der Waals surface area contributed by atoms with Gasteiger partial charge in [0, 0.05) is 11.6 Å². The zero-order valence-corrected chi connectivity index (χ0v) is 9.62. The maximum Gasteiger partial charge on any atom is 0.0949 e. The lowest BCUT2D eigenvalue weighted by molar-refractivity contribution is 0.126. The summed E-state index contributed by atoms with van der Waals surface area (Å²) in [6, 6.07) is 8.29. The summed E-state index contributed by atoms with van der Waals surface area (Å²) in [5.74, 6) is 0. The van der Waals surface area contributed by atoms with Crippen molar-refractivity contribution in [1.82, 2.24) is 5.32 Å². The molecule has 1 aliphatic rings. The second kappa shape index (κ2) is 3.62. The Kier molecular flexibility index (Phi) is 2.57. The van der Waals surface area contributed by atoms with Crippen LogP contribution in [0.1, 0.15) is 38.0 Å². The molecule has 0 amide bonds. The van der Waals surface area contributed by atoms with E-state index >= 15 is 0 Å². The molecule has 0 bridgehead atoms. The molecule has 1 aromatic carbocycles. The third-order valence-electron chi connectivity index (χ3n) is 2.81. The summed E-state index contributed by atoms with van der Waals surface area (Å²) >= 11 is 0. The SMILES string of the molecule is CC(C)(C)N[C@H]1Cc2ccccc2C1O. The fraction of sp³-hybridized carbons (Fsp3) is 0.538. The molecule has 0 aliphatic heterocycles. The number of nitrogens with one attached hydrogen (secondary N) is 1. The maximum absolute atomic E-state index is 10.1. The minimum Gasteiger partial charge on any atom is -0.387 e. The van der Waals surface area contributed by atoms with Gasteiger partial charge in [0.15, 0.2) is 0 Å². The van der Waals surface area contributed by atoms with Gasteiger partial charge in [-0.2, -0.15) is 0 Å². The molecule has 1 aliphatic carbocycles. The smallest absolute Gasteiger partial charge is 0.0949 e. The predicted molar refractivity (Wildman–Crippen MR) is 61.8 cm³/mol. The third-order valence-corrected chi connectivity index (χ3v) is 2.81. The Balaban J connectivity index is 2.17. The Hall–Kier alpha value is -0.860. The van der Waals surface area contributed by atoms with Crippen LogP contribution in [0.15, 0.2) is 24.3 Å². The zero-order chi connectivity index (χ0) is 11.1. The predicted octanol–water partition coefficient (Wildman–Crippen LogP) is 2.03. The van der Waals surface area contributed by atoms with Gasteiger partial charge in [0.25, 0.3) is 0 Å². The second-order valence-corrected chi connectivity index (χ2v) is 5.35. The van der Waals surface area contributed by atoms with Gasteiger partial charge in [-0.3, -0.25) is 0 Å². The van der Waals surface area contributed by atoms with Crippen LogP contribution >= 0.6 is 0 Å². The number of aliphatic hydroxyl groups excluding tert-OH is 1. The van der Waals surface area contributed by atoms with Gasteiger partial charge in [-0.25, -0.2) is 0 Å². The van der Waals surface area contributed by atoms with Gasteiger partial charge in [-0.1, -0.05) is 24.3 Å². The molecule has 2 nitrogen and oxygen atoms in total. The molecular weight excluding hydrogens is 186 g/mol. The molecule has 0 radical (unpaired) electrons. The van der Waals surface area contributed by atoms with Gasteiger partial charge < -0.3 is 10.4 Å². The average molecular weight is 205 g/mol. The first-order valence-corrected chi connectivity index (χ1v) is 5.51. The molecule has 1 unspecified atom stereocenters. The van der Waals surface area contributed by atoms with Crippen LogP contribution in [0.4, 0.5) is 0 Å². The van der Waals surface area contributed by atoms with Crippen molar-refractivity contribution >= 4 is 0 Å². The lowest BCUT2D eigenvalue weighted by atomic mass is 10.0. The van der Waals surface area contributed by atoms with E-state index in [1.54, 1.807) is 0 Å². The third kappa shape index (κ3) is 2.21. The number of benzene rings is 1. The lowest BCUT2D eigenvalue weighted by Gasteiger charge is -2.27. The molecule has 2 N–H and O–H groups in total. The monoisotopic (exact) mass is 205 g/mol. The normalized spacial score (nSPS) is 25.3. The van der Waals surface area contributed by atoms with Gasteiger partial charge in [0.05, 0.1) is 6.10 Å². The highest BCUT2D eigenvalue weighted by Crippen LogP contribution is 2.31. The summed E-state index contributed by atoms with van der Waals surface area (Å²) < 4.78 is 0. The summed E-state index contributed by atoms with van der Waals surface area (Å²) in [5.41, 5.74) is 2.40. The van der Waals surface area contributed by atoms with E-state index in [9.17, 15) is 5.11 Å². The summed E-state index contributed by atoms with van der Waals surface area (Å²) in [6.07, 6.45) is 0.564. The summed E-state index contributed by atoms with van der Waals surface area (Å²) in [6.45, 7) is 6.38. The molecule has 15 heavy (non-hydrogen) atoms. The zero-order valence-electron chi connectivity index (χ0n) is 9.62. The van der Waals surface area contributed by atoms with E-state index in [-0.39, 0.29) is 17.7 Å². The molecule has 2 atom stereocenters. The highest BCUT2D eigenvalue weighted by atomic mass is 16.3. The van der Waals surface area contributed by atoms with Crippen molar-refractivity contribution in [1.29, 1.82) is 0 Å². The van der Waals surface area contributed by atoms with Gasteiger partial charge in [-0.05, 0) is 38.3 Å². The van der Waals surface area contributed by atoms with Crippen molar-refractivity contribution in [2.75, 3.05) is 0 Å². The average Bonchev–Trinajstić information content (AvgIpc) is 2.42. The lowest BCUT2D eigenvalue weighted by Crippen LogP contribution is -2.45. The van der Waals surface area contributed by atoms with E-state index in [0.717, 1.165) is 12.0 Å². The van der Waals surface area contributed by atoms with Crippen molar-refractivity contribution in [2.45, 2.75) is 44.9 Å². The first-order valence-electron chi connectivity index (χ1n) is 5.51. The van der Waals surface area contributed by atoms with Gasteiger partial charge in [0.2, 0.25) is 0 Å². The second-order valence-electron chi connectivity index (χ2n) is 5.35. The highest BCUT2D eigenvalue weighted by molar-refractivity contribution is 5.35. The van der Waals surface area contributed by atoms with Crippen LogP contribution < -0.4 is 5.32 Å². The quantitative estimate of drug-likeness (QED) is 0.735. The first-order chi connectivity index (χ1) is 6.97. The van der Waals surface area contributed by atoms with E-state index in [1.807, 2.05) is 18.2 Å². The van der Waals surface area contributed by atoms with E-state index < -0.39 is 0 Å². The number of aliphatic hydroxyl groups is 1. The van der Waals surface area contributed by atoms with Gasteiger partial charge in [0.1, 0.15) is 0 Å². The first kappa shape index (κ1) is 10.7. The Morgan fingerprint density at radius 3 is 2.53 bits per heavy atom. The van der Waals surface area contributed by atoms with Gasteiger partial charge >= 0.3 is 0 Å². The molecule has 0 fully saturated rings. The largest absolute Gasteiger partial charge is 0.387 e. The molecule has 0 aromatic heterocycles. The Labute approximate surface area is 91.3 Å². The van der Waals surface area contributed by atoms with Crippen LogP contribution in [0.2, 0.25) is 0 Å². The molecular formula is C13H19NO. The number of fused-ring (bicyclic) bond motifs is 1. The van der Waals surface area contributed by atoms with Gasteiger partial charge in [-0.15, -0.1) is 0 Å². The topological polar surface area (TPSA) is 32.3 Å². The minimum atomic E-state index is -0.361. The van der Waals surface area contributed by atoms with E-state index in [2.05, 4.69) is 32.2 Å². The van der Waals surface area contributed by atoms with Crippen molar-refractivity contribution < 1.29 is 5.11 Å². The number of hydrogen-bond donors (Lipinski definition) is 2. The Morgan fingerprint density at radius 1 is 1.27 bits per heavy atom. The molecule has 0 saturated heterocycles. The fourth-order valence-corrected chi connectivity index (χ4v) is 2.26. The van der Waals surface area contributed by atoms with Crippen molar-refractivity contribution in [3.05, 3.63) is 35.4 Å². The van der Waals surface area contributed by atoms with Crippen LogP contribution in [-0.4, -0.2) is 16.7 Å². The summed E-state index contributed by atoms with van der Waals surface area (Å²) in [4.78, 5) is 0. The molecule has 2 heteroatoms. The number of rotatable bonds is 1. The van der Waals surface area contributed by atoms with Crippen LogP contribution in [0.3, 0.4) is 0 Å².